The van der Waals surface area contributed by atoms with Crippen LogP contribution in [-0.4, -0.2) is 47.4 Å². The molecule has 0 bridgehead atoms. The molecule has 2 rings (SSSR count). The second-order valence-corrected chi connectivity index (χ2v) is 8.25. The van der Waals surface area contributed by atoms with Gasteiger partial charge in [0.1, 0.15) is 11.6 Å². The molecule has 1 heterocycles. The van der Waals surface area contributed by atoms with Crippen molar-refractivity contribution in [3.63, 3.8) is 0 Å². The van der Waals surface area contributed by atoms with Gasteiger partial charge >= 0.3 is 6.09 Å². The SMILES string of the molecule is CC(C)(C)OC(=O)N1CCCC[C@H]1C(=O)NCC(=O)c1ccc(Br)cc1. The molecule has 1 aliphatic heterocycles. The molecule has 1 fully saturated rings. The lowest BCUT2D eigenvalue weighted by Crippen LogP contribution is -2.53. The van der Waals surface area contributed by atoms with E-state index in [1.165, 1.54) is 4.90 Å². The van der Waals surface area contributed by atoms with Gasteiger partial charge in [0, 0.05) is 16.6 Å². The van der Waals surface area contributed by atoms with Crippen molar-refractivity contribution in [1.82, 2.24) is 10.2 Å². The number of carbonyl (C=O) groups is 3. The Balaban J connectivity index is 1.96. The fourth-order valence-electron chi connectivity index (χ4n) is 2.77. The molecule has 142 valence electrons. The number of hydrogen-bond acceptors (Lipinski definition) is 4. The molecule has 0 saturated carbocycles. The lowest BCUT2D eigenvalue weighted by atomic mass is 10.0. The second kappa shape index (κ2) is 8.66. The summed E-state index contributed by atoms with van der Waals surface area (Å²) < 4.78 is 6.28. The van der Waals surface area contributed by atoms with E-state index < -0.39 is 17.7 Å². The number of ether oxygens (including phenoxy) is 1. The number of rotatable bonds is 4. The fourth-order valence-corrected chi connectivity index (χ4v) is 3.03. The summed E-state index contributed by atoms with van der Waals surface area (Å²) in [5.41, 5.74) is -0.0891. The topological polar surface area (TPSA) is 75.7 Å². The van der Waals surface area contributed by atoms with E-state index in [0.717, 1.165) is 17.3 Å². The van der Waals surface area contributed by atoms with Crippen LogP contribution in [0.3, 0.4) is 0 Å². The van der Waals surface area contributed by atoms with E-state index in [0.29, 0.717) is 18.5 Å². The summed E-state index contributed by atoms with van der Waals surface area (Å²) in [7, 11) is 0. The van der Waals surface area contributed by atoms with Crippen LogP contribution < -0.4 is 5.32 Å². The third-order valence-corrected chi connectivity index (χ3v) is 4.55. The summed E-state index contributed by atoms with van der Waals surface area (Å²) in [4.78, 5) is 38.6. The number of Topliss-reactive ketones (excluding diaryl/α,β-unsaturated/α-hetero) is 1. The Morgan fingerprint density at radius 3 is 2.46 bits per heavy atom. The molecule has 0 spiro atoms. The van der Waals surface area contributed by atoms with Gasteiger partial charge in [0.25, 0.3) is 0 Å². The van der Waals surface area contributed by atoms with Gasteiger partial charge in [-0.15, -0.1) is 0 Å². The summed E-state index contributed by atoms with van der Waals surface area (Å²) in [6.07, 6.45) is 1.77. The van der Waals surface area contributed by atoms with E-state index in [9.17, 15) is 14.4 Å². The maximum Gasteiger partial charge on any atom is 0.410 e. The van der Waals surface area contributed by atoms with Crippen molar-refractivity contribution < 1.29 is 19.1 Å². The summed E-state index contributed by atoms with van der Waals surface area (Å²) >= 11 is 3.32. The molecule has 0 radical (unpaired) electrons. The number of carbonyl (C=O) groups excluding carboxylic acids is 3. The minimum absolute atomic E-state index is 0.0981. The molecule has 1 saturated heterocycles. The first-order valence-corrected chi connectivity index (χ1v) is 9.53. The predicted octanol–water partition coefficient (Wildman–Crippen LogP) is 3.54. The molecular formula is C19H25BrN2O4. The smallest absolute Gasteiger partial charge is 0.410 e. The van der Waals surface area contributed by atoms with Crippen molar-refractivity contribution in [3.05, 3.63) is 34.3 Å². The number of ketones is 1. The van der Waals surface area contributed by atoms with E-state index >= 15 is 0 Å². The zero-order valence-electron chi connectivity index (χ0n) is 15.4. The molecule has 7 heteroatoms. The first kappa shape index (κ1) is 20.4. The summed E-state index contributed by atoms with van der Waals surface area (Å²) in [6.45, 7) is 5.76. The Morgan fingerprint density at radius 1 is 1.19 bits per heavy atom. The highest BCUT2D eigenvalue weighted by Crippen LogP contribution is 2.20. The number of nitrogens with zero attached hydrogens (tertiary/aromatic N) is 1. The van der Waals surface area contributed by atoms with Gasteiger partial charge in [-0.2, -0.15) is 0 Å². The van der Waals surface area contributed by atoms with Gasteiger partial charge in [-0.05, 0) is 52.2 Å². The first-order chi connectivity index (χ1) is 12.2. The fraction of sp³-hybridized carbons (Fsp3) is 0.526. The van der Waals surface area contributed by atoms with E-state index in [1.54, 1.807) is 45.0 Å². The van der Waals surface area contributed by atoms with Crippen molar-refractivity contribution in [3.8, 4) is 0 Å². The molecule has 1 N–H and O–H groups in total. The number of benzene rings is 1. The Bertz CT molecular complexity index is 667. The first-order valence-electron chi connectivity index (χ1n) is 8.73. The molecule has 1 aromatic carbocycles. The van der Waals surface area contributed by atoms with Gasteiger partial charge in [0.15, 0.2) is 5.78 Å². The monoisotopic (exact) mass is 424 g/mol. The minimum atomic E-state index is -0.618. The number of amides is 2. The van der Waals surface area contributed by atoms with Crippen LogP contribution in [0.15, 0.2) is 28.7 Å². The molecule has 26 heavy (non-hydrogen) atoms. The standard InChI is InChI=1S/C19H25BrN2O4/c1-19(2,3)26-18(25)22-11-5-4-6-15(22)17(24)21-12-16(23)13-7-9-14(20)10-8-13/h7-10,15H,4-6,11-12H2,1-3H3,(H,21,24)/t15-/m0/s1. The molecule has 1 atom stereocenters. The van der Waals surface area contributed by atoms with E-state index in [-0.39, 0.29) is 18.2 Å². The molecule has 0 aromatic heterocycles. The molecule has 6 nitrogen and oxygen atoms in total. The minimum Gasteiger partial charge on any atom is -0.444 e. The van der Waals surface area contributed by atoms with E-state index in [4.69, 9.17) is 4.74 Å². The van der Waals surface area contributed by atoms with Gasteiger partial charge < -0.3 is 10.1 Å². The van der Waals surface area contributed by atoms with E-state index in [2.05, 4.69) is 21.2 Å². The number of halogens is 1. The maximum atomic E-state index is 12.5. The Labute approximate surface area is 162 Å². The molecule has 0 aliphatic carbocycles. The number of nitrogens with one attached hydrogen (secondary N) is 1. The lowest BCUT2D eigenvalue weighted by Gasteiger charge is -2.35. The molecule has 0 unspecified atom stereocenters. The largest absolute Gasteiger partial charge is 0.444 e. The summed E-state index contributed by atoms with van der Waals surface area (Å²) in [5.74, 6) is -0.494. The normalized spacial score (nSPS) is 17.5. The highest BCUT2D eigenvalue weighted by Gasteiger charge is 2.34. The van der Waals surface area contributed by atoms with Crippen LogP contribution in [0, 0.1) is 0 Å². The number of piperidine rings is 1. The summed E-state index contributed by atoms with van der Waals surface area (Å²) in [5, 5.41) is 2.66. The zero-order chi connectivity index (χ0) is 19.3. The van der Waals surface area contributed by atoms with E-state index in [1.807, 2.05) is 0 Å². The Hall–Kier alpha value is -1.89. The molecule has 1 aromatic rings. The zero-order valence-corrected chi connectivity index (χ0v) is 17.0. The van der Waals surface area contributed by atoms with Crippen LogP contribution in [0.5, 0.6) is 0 Å². The predicted molar refractivity (Wildman–Crippen MR) is 102 cm³/mol. The van der Waals surface area contributed by atoms with Crippen molar-refractivity contribution >= 4 is 33.7 Å². The van der Waals surface area contributed by atoms with Gasteiger partial charge in [0.05, 0.1) is 6.54 Å². The van der Waals surface area contributed by atoms with Crippen LogP contribution in [-0.2, 0) is 9.53 Å². The van der Waals surface area contributed by atoms with Crippen LogP contribution in [0.2, 0.25) is 0 Å². The van der Waals surface area contributed by atoms with Crippen LogP contribution in [0.4, 0.5) is 4.79 Å². The molecular weight excluding hydrogens is 400 g/mol. The van der Waals surface area contributed by atoms with Gasteiger partial charge in [-0.25, -0.2) is 4.79 Å². The average Bonchev–Trinajstić information content (AvgIpc) is 2.58. The van der Waals surface area contributed by atoms with Crippen molar-refractivity contribution in [2.24, 2.45) is 0 Å². The lowest BCUT2D eigenvalue weighted by molar-refractivity contribution is -0.127. The van der Waals surface area contributed by atoms with Crippen molar-refractivity contribution in [1.29, 1.82) is 0 Å². The maximum absolute atomic E-state index is 12.5. The number of hydrogen-bond donors (Lipinski definition) is 1. The quantitative estimate of drug-likeness (QED) is 0.749. The van der Waals surface area contributed by atoms with Crippen molar-refractivity contribution in [2.75, 3.05) is 13.1 Å². The molecule has 2 amide bonds. The summed E-state index contributed by atoms with van der Waals surface area (Å²) in [6, 6.07) is 6.36. The van der Waals surface area contributed by atoms with Gasteiger partial charge in [0.2, 0.25) is 5.91 Å². The Kier molecular flexibility index (Phi) is 6.81. The molecule has 1 aliphatic rings. The second-order valence-electron chi connectivity index (χ2n) is 7.33. The van der Waals surface area contributed by atoms with Gasteiger partial charge in [-0.1, -0.05) is 28.1 Å². The number of likely N-dealkylation sites (tertiary alicyclic amines) is 1. The van der Waals surface area contributed by atoms with Crippen LogP contribution in [0.1, 0.15) is 50.4 Å². The van der Waals surface area contributed by atoms with Crippen LogP contribution in [0.25, 0.3) is 0 Å². The Morgan fingerprint density at radius 2 is 1.85 bits per heavy atom. The van der Waals surface area contributed by atoms with Crippen molar-refractivity contribution in [2.45, 2.75) is 51.7 Å². The average molecular weight is 425 g/mol. The third-order valence-electron chi connectivity index (χ3n) is 4.02. The van der Waals surface area contributed by atoms with Gasteiger partial charge in [-0.3, -0.25) is 14.5 Å². The van der Waals surface area contributed by atoms with Crippen LogP contribution >= 0.6 is 15.9 Å². The highest BCUT2D eigenvalue weighted by molar-refractivity contribution is 9.10. The third kappa shape index (κ3) is 5.83. The highest BCUT2D eigenvalue weighted by atomic mass is 79.9.